The third-order valence-corrected chi connectivity index (χ3v) is 4.62. The maximum absolute atomic E-state index is 10.1. The highest BCUT2D eigenvalue weighted by molar-refractivity contribution is 8.14. The summed E-state index contributed by atoms with van der Waals surface area (Å²) in [5.74, 6) is 0.298. The van der Waals surface area contributed by atoms with Crippen molar-refractivity contribution in [3.8, 4) is 0 Å². The molecule has 3 aliphatic rings. The Morgan fingerprint density at radius 3 is 2.84 bits per heavy atom. The molecule has 1 saturated carbocycles. The highest BCUT2D eigenvalue weighted by atomic mass is 32.2. The van der Waals surface area contributed by atoms with E-state index in [2.05, 4.69) is 10.3 Å². The van der Waals surface area contributed by atoms with Gasteiger partial charge in [-0.05, 0) is 31.5 Å². The van der Waals surface area contributed by atoms with Crippen LogP contribution in [0.4, 0.5) is 0 Å². The number of hydrogen-bond donors (Lipinski definition) is 4. The zero-order chi connectivity index (χ0) is 13.6. The first kappa shape index (κ1) is 13.1. The first-order valence-electron chi connectivity index (χ1n) is 6.55. The van der Waals surface area contributed by atoms with E-state index in [1.54, 1.807) is 0 Å². The quantitative estimate of drug-likeness (QED) is 0.546. The average molecular weight is 286 g/mol. The van der Waals surface area contributed by atoms with Gasteiger partial charge in [-0.15, -0.1) is 0 Å². The molecule has 2 saturated heterocycles. The number of thioether (sulfide) groups is 1. The van der Waals surface area contributed by atoms with Gasteiger partial charge in [-0.3, -0.25) is 4.99 Å². The predicted octanol–water partition coefficient (Wildman–Crippen LogP) is 0.325. The molecule has 106 valence electrons. The molecule has 0 bridgehead atoms. The van der Waals surface area contributed by atoms with E-state index >= 15 is 0 Å². The number of aliphatic imine (C=N–C) groups is 1. The Balaban J connectivity index is 1.83. The smallest absolute Gasteiger partial charge is 0.174 e. The van der Waals surface area contributed by atoms with Gasteiger partial charge < -0.3 is 25.4 Å². The number of amidine groups is 1. The fourth-order valence-electron chi connectivity index (χ4n) is 2.31. The van der Waals surface area contributed by atoms with Crippen LogP contribution in [0.5, 0.6) is 0 Å². The lowest BCUT2D eigenvalue weighted by molar-refractivity contribution is -0.0745. The Kier molecular flexibility index (Phi) is 3.36. The van der Waals surface area contributed by atoms with Crippen LogP contribution in [-0.2, 0) is 4.74 Å². The second-order valence-corrected chi connectivity index (χ2v) is 6.10. The number of fused-ring (bicyclic) bond motifs is 1. The van der Waals surface area contributed by atoms with Crippen LogP contribution in [0.3, 0.4) is 0 Å². The molecular weight excluding hydrogens is 268 g/mol. The lowest BCUT2D eigenvalue weighted by atomic mass is 10.00. The summed E-state index contributed by atoms with van der Waals surface area (Å²) in [6, 6.07) is -0.402. The van der Waals surface area contributed by atoms with Crippen LogP contribution >= 0.6 is 11.8 Å². The van der Waals surface area contributed by atoms with Crippen molar-refractivity contribution in [3.05, 3.63) is 11.5 Å². The average Bonchev–Trinajstić information content (AvgIpc) is 3.15. The van der Waals surface area contributed by atoms with Crippen LogP contribution in [0.15, 0.2) is 16.5 Å². The zero-order valence-corrected chi connectivity index (χ0v) is 11.4. The largest absolute Gasteiger partial charge is 0.508 e. The first-order chi connectivity index (χ1) is 9.11. The van der Waals surface area contributed by atoms with Crippen LogP contribution in [-0.4, -0.2) is 50.7 Å². The Labute approximate surface area is 115 Å². The summed E-state index contributed by atoms with van der Waals surface area (Å²) in [6.07, 6.45) is -0.379. The van der Waals surface area contributed by atoms with E-state index in [0.29, 0.717) is 11.7 Å². The third-order valence-electron chi connectivity index (χ3n) is 3.53. The highest BCUT2D eigenvalue weighted by Gasteiger charge is 2.49. The van der Waals surface area contributed by atoms with Gasteiger partial charge in [0.15, 0.2) is 16.4 Å². The van der Waals surface area contributed by atoms with Crippen LogP contribution < -0.4 is 5.32 Å². The summed E-state index contributed by atoms with van der Waals surface area (Å²) in [4.78, 5) is 4.24. The van der Waals surface area contributed by atoms with Crippen molar-refractivity contribution >= 4 is 16.9 Å². The summed E-state index contributed by atoms with van der Waals surface area (Å²) in [5.41, 5.74) is -0.361. The van der Waals surface area contributed by atoms with E-state index in [1.165, 1.54) is 11.8 Å². The number of rotatable bonds is 2. The zero-order valence-electron chi connectivity index (χ0n) is 10.6. The van der Waals surface area contributed by atoms with E-state index in [-0.39, 0.29) is 22.9 Å². The highest BCUT2D eigenvalue weighted by Crippen LogP contribution is 2.42. The number of hydrogen-bond acceptors (Lipinski definition) is 6. The monoisotopic (exact) mass is 286 g/mol. The standard InChI is InChI=1S/C12H18N2O4S/c1-2-13-12-14-6-8(16)9(17)10(18-11(6)19-12)7(15)5-3-4-5/h5-6,8-9,11,15-17H,2-4H2,1H3,(H,13,14)/b10-7-/t6-,8-,9+,11-/m1/s1. The Morgan fingerprint density at radius 2 is 2.21 bits per heavy atom. The summed E-state index contributed by atoms with van der Waals surface area (Å²) in [7, 11) is 0. The molecule has 0 aromatic heterocycles. The van der Waals surface area contributed by atoms with Crippen molar-refractivity contribution in [3.63, 3.8) is 0 Å². The molecule has 19 heavy (non-hydrogen) atoms. The molecule has 2 heterocycles. The predicted molar refractivity (Wildman–Crippen MR) is 71.8 cm³/mol. The fourth-order valence-corrected chi connectivity index (χ4v) is 3.47. The maximum atomic E-state index is 10.1. The lowest BCUT2D eigenvalue weighted by Gasteiger charge is -2.35. The lowest BCUT2D eigenvalue weighted by Crippen LogP contribution is -2.54. The minimum Gasteiger partial charge on any atom is -0.508 e. The molecule has 0 spiro atoms. The van der Waals surface area contributed by atoms with Crippen molar-refractivity contribution in [1.29, 1.82) is 0 Å². The SMILES string of the molecule is CCN=C1N[C@@H]2[C@@H](O)[C@H](O)/C(=C(/O)C3CC3)O[C@@H]2S1. The number of allylic oxidation sites excluding steroid dienone is 1. The minimum absolute atomic E-state index is 0.0801. The van der Waals surface area contributed by atoms with Crippen molar-refractivity contribution in [2.24, 2.45) is 10.9 Å². The Hall–Kier alpha value is -0.920. The summed E-state index contributed by atoms with van der Waals surface area (Å²) in [6.45, 7) is 2.57. The van der Waals surface area contributed by atoms with Crippen LogP contribution in [0.25, 0.3) is 0 Å². The minimum atomic E-state index is -1.18. The van der Waals surface area contributed by atoms with Gasteiger partial charge in [0.2, 0.25) is 0 Å². The van der Waals surface area contributed by atoms with Crippen molar-refractivity contribution in [2.45, 2.75) is 43.5 Å². The Bertz CT molecular complexity index is 435. The third kappa shape index (κ3) is 2.30. The maximum Gasteiger partial charge on any atom is 0.174 e. The van der Waals surface area contributed by atoms with Gasteiger partial charge in [0.05, 0.1) is 0 Å². The number of nitrogens with one attached hydrogen (secondary N) is 1. The van der Waals surface area contributed by atoms with E-state index in [0.717, 1.165) is 12.8 Å². The van der Waals surface area contributed by atoms with Crippen LogP contribution in [0.1, 0.15) is 19.8 Å². The van der Waals surface area contributed by atoms with Gasteiger partial charge in [-0.1, -0.05) is 0 Å². The van der Waals surface area contributed by atoms with Gasteiger partial charge in [0.25, 0.3) is 0 Å². The molecule has 4 atom stereocenters. The second-order valence-electron chi connectivity index (χ2n) is 5.01. The molecule has 3 rings (SSSR count). The number of nitrogens with zero attached hydrogens (tertiary/aromatic N) is 1. The van der Waals surface area contributed by atoms with Gasteiger partial charge in [-0.2, -0.15) is 0 Å². The van der Waals surface area contributed by atoms with Gasteiger partial charge >= 0.3 is 0 Å². The van der Waals surface area contributed by atoms with E-state index in [1.807, 2.05) is 6.92 Å². The summed E-state index contributed by atoms with van der Waals surface area (Å²) in [5, 5.41) is 34.0. The fraction of sp³-hybridized carbons (Fsp3) is 0.750. The van der Waals surface area contributed by atoms with Gasteiger partial charge in [0.1, 0.15) is 24.0 Å². The van der Waals surface area contributed by atoms with E-state index in [4.69, 9.17) is 4.74 Å². The van der Waals surface area contributed by atoms with Gasteiger partial charge in [-0.25, -0.2) is 0 Å². The van der Waals surface area contributed by atoms with Crippen LogP contribution in [0, 0.1) is 5.92 Å². The summed E-state index contributed by atoms with van der Waals surface area (Å²) >= 11 is 1.38. The number of ether oxygens (including phenoxy) is 1. The van der Waals surface area contributed by atoms with Gasteiger partial charge in [0, 0.05) is 12.5 Å². The second kappa shape index (κ2) is 4.88. The molecule has 0 radical (unpaired) electrons. The number of aliphatic hydroxyl groups is 3. The molecular formula is C12H18N2O4S. The molecule has 1 aliphatic carbocycles. The molecule has 0 aromatic carbocycles. The molecule has 0 aromatic rings. The molecule has 3 fully saturated rings. The molecule has 4 N–H and O–H groups in total. The normalized spacial score (nSPS) is 42.6. The Morgan fingerprint density at radius 1 is 1.47 bits per heavy atom. The van der Waals surface area contributed by atoms with Crippen molar-refractivity contribution < 1.29 is 20.1 Å². The van der Waals surface area contributed by atoms with Crippen molar-refractivity contribution in [2.75, 3.05) is 6.54 Å². The summed E-state index contributed by atoms with van der Waals surface area (Å²) < 4.78 is 5.67. The molecule has 0 amide bonds. The van der Waals surface area contributed by atoms with E-state index < -0.39 is 18.2 Å². The first-order valence-corrected chi connectivity index (χ1v) is 7.43. The number of aliphatic hydroxyl groups excluding tert-OH is 3. The molecule has 0 unspecified atom stereocenters. The molecule has 6 nitrogen and oxygen atoms in total. The van der Waals surface area contributed by atoms with Crippen molar-refractivity contribution in [1.82, 2.24) is 5.32 Å². The molecule has 7 heteroatoms. The van der Waals surface area contributed by atoms with Crippen LogP contribution in [0.2, 0.25) is 0 Å². The topological polar surface area (TPSA) is 94.3 Å². The van der Waals surface area contributed by atoms with E-state index in [9.17, 15) is 15.3 Å². The molecule has 2 aliphatic heterocycles.